The Kier molecular flexibility index (Phi) is 4.80. The van der Waals surface area contributed by atoms with E-state index in [2.05, 4.69) is 6.92 Å². The summed E-state index contributed by atoms with van der Waals surface area (Å²) >= 11 is 0. The van der Waals surface area contributed by atoms with Crippen LogP contribution in [0.5, 0.6) is 0 Å². The van der Waals surface area contributed by atoms with E-state index in [1.54, 1.807) is 11.9 Å². The molecule has 1 amide bonds. The zero-order chi connectivity index (χ0) is 15.6. The Balaban J connectivity index is 1.72. The number of likely N-dealkylation sites (N-methyl/N-ethyl adjacent to an activating group) is 1. The van der Waals surface area contributed by atoms with Crippen LogP contribution in [0.15, 0.2) is 0 Å². The lowest BCUT2D eigenvalue weighted by molar-refractivity contribution is -0.497. The summed E-state index contributed by atoms with van der Waals surface area (Å²) in [6.07, 6.45) is 4.38. The van der Waals surface area contributed by atoms with Crippen LogP contribution in [-0.4, -0.2) is 47.4 Å². The lowest BCUT2D eigenvalue weighted by atomic mass is 9.87. The molecule has 0 bridgehead atoms. The highest BCUT2D eigenvalue weighted by atomic mass is 16.6. The van der Waals surface area contributed by atoms with Crippen LogP contribution < -0.4 is 0 Å². The maximum atomic E-state index is 12.0. The summed E-state index contributed by atoms with van der Waals surface area (Å²) in [7, 11) is 1.73. The van der Waals surface area contributed by atoms with Crippen molar-refractivity contribution < 1.29 is 19.2 Å². The van der Waals surface area contributed by atoms with Gasteiger partial charge in [0.05, 0.1) is 0 Å². The number of esters is 1. The molecule has 0 radical (unpaired) electrons. The van der Waals surface area contributed by atoms with Gasteiger partial charge in [-0.15, -0.1) is 0 Å². The van der Waals surface area contributed by atoms with Crippen LogP contribution in [-0.2, 0) is 14.3 Å². The number of amides is 1. The molecular weight excluding hydrogens is 276 g/mol. The van der Waals surface area contributed by atoms with Crippen LogP contribution in [0.1, 0.15) is 39.0 Å². The normalized spacial score (nSPS) is 31.3. The van der Waals surface area contributed by atoms with Gasteiger partial charge >= 0.3 is 5.97 Å². The van der Waals surface area contributed by atoms with Crippen LogP contribution in [0.2, 0.25) is 0 Å². The molecule has 0 aromatic heterocycles. The minimum Gasteiger partial charge on any atom is -0.455 e. The number of ether oxygens (including phenoxy) is 1. The van der Waals surface area contributed by atoms with Crippen molar-refractivity contribution in [3.8, 4) is 0 Å². The number of hydrogen-bond acceptors (Lipinski definition) is 5. The Hall–Kier alpha value is -1.66. The third-order valence-electron chi connectivity index (χ3n) is 4.59. The number of nitrogens with zero attached hydrogens (tertiary/aromatic N) is 2. The third-order valence-corrected chi connectivity index (χ3v) is 4.59. The van der Waals surface area contributed by atoms with Crippen LogP contribution in [0, 0.1) is 22.0 Å². The zero-order valence-electron chi connectivity index (χ0n) is 12.5. The molecule has 0 saturated heterocycles. The molecule has 0 aromatic carbocycles. The molecule has 2 aliphatic carbocycles. The Morgan fingerprint density at radius 1 is 1.29 bits per heavy atom. The second kappa shape index (κ2) is 6.41. The van der Waals surface area contributed by atoms with Gasteiger partial charge in [-0.25, -0.2) is 0 Å². The highest BCUT2D eigenvalue weighted by Crippen LogP contribution is 2.34. The number of carbonyl (C=O) groups is 2. The van der Waals surface area contributed by atoms with Gasteiger partial charge in [0.2, 0.25) is 6.04 Å². The quantitative estimate of drug-likeness (QED) is 0.432. The fraction of sp³-hybridized carbons (Fsp3) is 0.857. The lowest BCUT2D eigenvalue weighted by Crippen LogP contribution is -2.41. The molecule has 2 unspecified atom stereocenters. The predicted octanol–water partition coefficient (Wildman–Crippen LogP) is 1.23. The molecule has 2 fully saturated rings. The standard InChI is InChI=1S/C14H22N2O5/c1-9-3-5-10(6-4-9)15(2)13(17)8-21-14(18)11-7-12(11)16(19)20/h9-12H,3-8H2,1-2H3. The fourth-order valence-electron chi connectivity index (χ4n) is 2.84. The van der Waals surface area contributed by atoms with Gasteiger partial charge in [0.1, 0.15) is 5.92 Å². The summed E-state index contributed by atoms with van der Waals surface area (Å²) in [6, 6.07) is -0.620. The zero-order valence-corrected chi connectivity index (χ0v) is 12.5. The predicted molar refractivity (Wildman–Crippen MR) is 74.0 cm³/mol. The number of rotatable bonds is 5. The topological polar surface area (TPSA) is 89.8 Å². The molecule has 2 aliphatic rings. The first-order valence-electron chi connectivity index (χ1n) is 7.46. The van der Waals surface area contributed by atoms with Gasteiger partial charge in [0.25, 0.3) is 5.91 Å². The Morgan fingerprint density at radius 3 is 2.43 bits per heavy atom. The monoisotopic (exact) mass is 298 g/mol. The minimum absolute atomic E-state index is 0.208. The molecule has 0 spiro atoms. The van der Waals surface area contributed by atoms with Gasteiger partial charge in [0.15, 0.2) is 6.61 Å². The Morgan fingerprint density at radius 2 is 1.90 bits per heavy atom. The van der Waals surface area contributed by atoms with Crippen molar-refractivity contribution in [3.05, 3.63) is 10.1 Å². The second-order valence-corrected chi connectivity index (χ2v) is 6.22. The van der Waals surface area contributed by atoms with E-state index in [0.717, 1.165) is 25.7 Å². The highest BCUT2D eigenvalue weighted by Gasteiger charge is 2.54. The van der Waals surface area contributed by atoms with E-state index < -0.39 is 22.9 Å². The number of hydrogen-bond donors (Lipinski definition) is 0. The van der Waals surface area contributed by atoms with Crippen molar-refractivity contribution in [2.45, 2.75) is 51.1 Å². The first-order chi connectivity index (χ1) is 9.90. The van der Waals surface area contributed by atoms with Crippen molar-refractivity contribution in [3.63, 3.8) is 0 Å². The van der Waals surface area contributed by atoms with E-state index in [9.17, 15) is 19.7 Å². The average molecular weight is 298 g/mol. The van der Waals surface area contributed by atoms with Crippen molar-refractivity contribution in [1.29, 1.82) is 0 Å². The van der Waals surface area contributed by atoms with Crippen LogP contribution in [0.25, 0.3) is 0 Å². The van der Waals surface area contributed by atoms with E-state index in [1.807, 2.05) is 0 Å². The summed E-state index contributed by atoms with van der Waals surface area (Å²) in [6.45, 7) is 1.89. The molecule has 0 aromatic rings. The number of carbonyl (C=O) groups excluding carboxylic acids is 2. The average Bonchev–Trinajstić information content (AvgIpc) is 3.25. The van der Waals surface area contributed by atoms with Crippen LogP contribution >= 0.6 is 0 Å². The minimum atomic E-state index is -0.829. The smallest absolute Gasteiger partial charge is 0.316 e. The molecule has 7 heteroatoms. The summed E-state index contributed by atoms with van der Waals surface area (Å²) < 4.78 is 4.91. The van der Waals surface area contributed by atoms with E-state index in [0.29, 0.717) is 5.92 Å². The van der Waals surface area contributed by atoms with Crippen LogP contribution in [0.3, 0.4) is 0 Å². The van der Waals surface area contributed by atoms with Gasteiger partial charge in [-0.1, -0.05) is 6.92 Å². The first-order valence-corrected chi connectivity index (χ1v) is 7.46. The molecule has 118 valence electrons. The second-order valence-electron chi connectivity index (χ2n) is 6.22. The SMILES string of the molecule is CC1CCC(N(C)C(=O)COC(=O)C2CC2[N+](=O)[O-])CC1. The fourth-order valence-corrected chi connectivity index (χ4v) is 2.84. The molecule has 2 rings (SSSR count). The van der Waals surface area contributed by atoms with Gasteiger partial charge in [-0.05, 0) is 31.6 Å². The molecule has 21 heavy (non-hydrogen) atoms. The third kappa shape index (κ3) is 3.92. The van der Waals surface area contributed by atoms with Gasteiger partial charge in [-0.2, -0.15) is 0 Å². The largest absolute Gasteiger partial charge is 0.455 e. The van der Waals surface area contributed by atoms with E-state index in [-0.39, 0.29) is 25.0 Å². The Labute approximate surface area is 123 Å². The van der Waals surface area contributed by atoms with Gasteiger partial charge in [0, 0.05) is 24.4 Å². The van der Waals surface area contributed by atoms with Gasteiger partial charge in [-0.3, -0.25) is 19.7 Å². The molecule has 7 nitrogen and oxygen atoms in total. The molecular formula is C14H22N2O5. The van der Waals surface area contributed by atoms with Gasteiger partial charge < -0.3 is 9.64 Å². The summed E-state index contributed by atoms with van der Waals surface area (Å²) in [4.78, 5) is 35.2. The molecule has 2 atom stereocenters. The van der Waals surface area contributed by atoms with Crippen molar-refractivity contribution in [2.24, 2.45) is 11.8 Å². The van der Waals surface area contributed by atoms with Crippen molar-refractivity contribution in [2.75, 3.05) is 13.7 Å². The highest BCUT2D eigenvalue weighted by molar-refractivity contribution is 5.82. The van der Waals surface area contributed by atoms with E-state index in [1.165, 1.54) is 0 Å². The van der Waals surface area contributed by atoms with Crippen molar-refractivity contribution >= 4 is 11.9 Å². The molecule has 0 N–H and O–H groups in total. The molecule has 2 saturated carbocycles. The maximum Gasteiger partial charge on any atom is 0.316 e. The van der Waals surface area contributed by atoms with E-state index in [4.69, 9.17) is 4.74 Å². The summed E-state index contributed by atoms with van der Waals surface area (Å²) in [5.41, 5.74) is 0. The summed E-state index contributed by atoms with van der Waals surface area (Å²) in [5, 5.41) is 10.5. The lowest BCUT2D eigenvalue weighted by Gasteiger charge is -2.33. The summed E-state index contributed by atoms with van der Waals surface area (Å²) in [5.74, 6) is -0.831. The first kappa shape index (κ1) is 15.7. The van der Waals surface area contributed by atoms with Crippen molar-refractivity contribution in [1.82, 2.24) is 4.90 Å². The van der Waals surface area contributed by atoms with Crippen LogP contribution in [0.4, 0.5) is 0 Å². The van der Waals surface area contributed by atoms with E-state index >= 15 is 0 Å². The Bertz CT molecular complexity index is 431. The maximum absolute atomic E-state index is 12.0. The number of nitro groups is 1. The molecule has 0 heterocycles. The molecule has 0 aliphatic heterocycles.